The second-order valence-electron chi connectivity index (χ2n) is 10.5. The summed E-state index contributed by atoms with van der Waals surface area (Å²) >= 11 is 0. The first kappa shape index (κ1) is 25.2. The van der Waals surface area contributed by atoms with Crippen LogP contribution in [0.5, 0.6) is 0 Å². The van der Waals surface area contributed by atoms with E-state index in [2.05, 4.69) is 60.9 Å². The van der Waals surface area contributed by atoms with Gasteiger partial charge in [0.05, 0.1) is 5.92 Å². The van der Waals surface area contributed by atoms with Crippen LogP contribution >= 0.6 is 0 Å². The minimum atomic E-state index is -0.633. The zero-order valence-electron chi connectivity index (χ0n) is 21.2. The number of carboxylic acids is 1. The quantitative estimate of drug-likeness (QED) is 0.563. The highest BCUT2D eigenvalue weighted by atomic mass is 16.4. The molecule has 188 valence electrons. The highest BCUT2D eigenvalue weighted by Crippen LogP contribution is 2.47. The maximum absolute atomic E-state index is 11.2. The van der Waals surface area contributed by atoms with E-state index in [1.807, 2.05) is 0 Å². The summed E-state index contributed by atoms with van der Waals surface area (Å²) < 4.78 is 0. The van der Waals surface area contributed by atoms with Crippen molar-refractivity contribution in [1.82, 2.24) is 4.90 Å². The number of aliphatic carboxylic acids is 1. The standard InChI is InChI=1S/C28H36N2O2.CH2O2/c1-18-5-4-6-25(21-7-8-21)27(18)30-15-24(16-30)23-13-19(2)26(20(3)14-23)17-29-11-9-22(10-12-29)28(31)32;2-1-3/h4-6,13-14,21-22,24H,7-12,15-17H2,1-3H3,(H,31,32);1H,(H,2,3). The predicted octanol–water partition coefficient (Wildman–Crippen LogP) is 5.09. The molecular formula is C29H38N2O4. The van der Waals surface area contributed by atoms with Crippen molar-refractivity contribution in [3.05, 3.63) is 63.7 Å². The van der Waals surface area contributed by atoms with Crippen LogP contribution in [0.1, 0.15) is 70.9 Å². The second kappa shape index (κ2) is 10.8. The summed E-state index contributed by atoms with van der Waals surface area (Å²) in [7, 11) is 0. The highest BCUT2D eigenvalue weighted by molar-refractivity contribution is 5.70. The lowest BCUT2D eigenvalue weighted by Crippen LogP contribution is -2.46. The zero-order chi connectivity index (χ0) is 25.1. The van der Waals surface area contributed by atoms with Gasteiger partial charge in [-0.15, -0.1) is 0 Å². The maximum Gasteiger partial charge on any atom is 0.306 e. The number of rotatable bonds is 6. The first-order valence-corrected chi connectivity index (χ1v) is 12.8. The van der Waals surface area contributed by atoms with Crippen molar-refractivity contribution in [3.8, 4) is 0 Å². The average molecular weight is 479 g/mol. The van der Waals surface area contributed by atoms with Crippen molar-refractivity contribution in [2.45, 2.75) is 64.8 Å². The number of aryl methyl sites for hydroxylation is 3. The van der Waals surface area contributed by atoms with Crippen LogP contribution in [0.3, 0.4) is 0 Å². The van der Waals surface area contributed by atoms with E-state index in [-0.39, 0.29) is 12.4 Å². The lowest BCUT2D eigenvalue weighted by molar-refractivity contribution is -0.143. The van der Waals surface area contributed by atoms with Gasteiger partial charge < -0.3 is 15.1 Å². The highest BCUT2D eigenvalue weighted by Gasteiger charge is 2.34. The molecule has 2 aromatic carbocycles. The van der Waals surface area contributed by atoms with Crippen LogP contribution in [0, 0.1) is 26.7 Å². The van der Waals surface area contributed by atoms with E-state index < -0.39 is 5.97 Å². The van der Waals surface area contributed by atoms with E-state index >= 15 is 0 Å². The van der Waals surface area contributed by atoms with Gasteiger partial charge in [0.1, 0.15) is 0 Å². The minimum Gasteiger partial charge on any atom is -0.483 e. The summed E-state index contributed by atoms with van der Waals surface area (Å²) in [5.41, 5.74) is 10.2. The Morgan fingerprint density at radius 3 is 2.11 bits per heavy atom. The molecule has 2 aromatic rings. The third kappa shape index (κ3) is 5.69. The van der Waals surface area contributed by atoms with E-state index in [1.54, 1.807) is 5.56 Å². The smallest absolute Gasteiger partial charge is 0.306 e. The molecule has 1 aliphatic carbocycles. The second-order valence-corrected chi connectivity index (χ2v) is 10.5. The molecule has 2 saturated heterocycles. The van der Waals surface area contributed by atoms with E-state index in [4.69, 9.17) is 9.90 Å². The number of carbonyl (C=O) groups is 2. The third-order valence-electron chi connectivity index (χ3n) is 7.99. The Morgan fingerprint density at radius 2 is 1.57 bits per heavy atom. The van der Waals surface area contributed by atoms with E-state index in [0.717, 1.165) is 51.5 Å². The number of benzene rings is 2. The van der Waals surface area contributed by atoms with Gasteiger partial charge in [-0.2, -0.15) is 0 Å². The molecule has 0 bridgehead atoms. The first-order valence-electron chi connectivity index (χ1n) is 12.8. The first-order chi connectivity index (χ1) is 16.8. The summed E-state index contributed by atoms with van der Waals surface area (Å²) in [5, 5.41) is 16.1. The zero-order valence-corrected chi connectivity index (χ0v) is 21.2. The Balaban J connectivity index is 0.000000917. The number of piperidine rings is 1. The molecule has 2 N–H and O–H groups in total. The van der Waals surface area contributed by atoms with Gasteiger partial charge in [0.15, 0.2) is 0 Å². The summed E-state index contributed by atoms with van der Waals surface area (Å²) in [6.45, 7) is 11.4. The molecule has 2 heterocycles. The molecule has 35 heavy (non-hydrogen) atoms. The Bertz CT molecular complexity index is 1040. The molecule has 0 radical (unpaired) electrons. The molecule has 3 fully saturated rings. The normalized spacial score (nSPS) is 19.0. The Morgan fingerprint density at radius 1 is 0.971 bits per heavy atom. The molecule has 1 saturated carbocycles. The monoisotopic (exact) mass is 478 g/mol. The molecule has 0 aromatic heterocycles. The summed E-state index contributed by atoms with van der Waals surface area (Å²) in [4.78, 5) is 24.6. The van der Waals surface area contributed by atoms with Crippen molar-refractivity contribution in [3.63, 3.8) is 0 Å². The minimum absolute atomic E-state index is 0.161. The van der Waals surface area contributed by atoms with Gasteiger partial charge in [-0.1, -0.05) is 30.3 Å². The SMILES string of the molecule is Cc1cc(C2CN(c3c(C)cccc3C3CC3)C2)cc(C)c1CN1CCC(C(=O)O)CC1.O=CO. The fourth-order valence-electron chi connectivity index (χ4n) is 5.78. The molecular weight excluding hydrogens is 440 g/mol. The number of hydrogen-bond donors (Lipinski definition) is 2. The van der Waals surface area contributed by atoms with Gasteiger partial charge in [0.2, 0.25) is 0 Å². The average Bonchev–Trinajstić information content (AvgIpc) is 3.62. The molecule has 5 rings (SSSR count). The number of anilines is 1. The van der Waals surface area contributed by atoms with Gasteiger partial charge in [0, 0.05) is 31.2 Å². The van der Waals surface area contributed by atoms with Gasteiger partial charge in [-0.3, -0.25) is 14.5 Å². The van der Waals surface area contributed by atoms with Crippen molar-refractivity contribution >= 4 is 18.1 Å². The number of hydrogen-bond acceptors (Lipinski definition) is 4. The molecule has 0 spiro atoms. The lowest BCUT2D eigenvalue weighted by atomic mass is 9.86. The van der Waals surface area contributed by atoms with Crippen molar-refractivity contribution in [1.29, 1.82) is 0 Å². The third-order valence-corrected chi connectivity index (χ3v) is 7.99. The largest absolute Gasteiger partial charge is 0.483 e. The molecule has 6 nitrogen and oxygen atoms in total. The molecule has 2 aliphatic heterocycles. The van der Waals surface area contributed by atoms with Crippen molar-refractivity contribution in [2.75, 3.05) is 31.1 Å². The Kier molecular flexibility index (Phi) is 7.80. The van der Waals surface area contributed by atoms with E-state index in [9.17, 15) is 9.90 Å². The van der Waals surface area contributed by atoms with E-state index in [0.29, 0.717) is 5.92 Å². The number of nitrogens with zero attached hydrogens (tertiary/aromatic N) is 2. The van der Waals surface area contributed by atoms with E-state index in [1.165, 1.54) is 46.3 Å². The number of para-hydroxylation sites is 1. The maximum atomic E-state index is 11.2. The summed E-state index contributed by atoms with van der Waals surface area (Å²) in [6, 6.07) is 11.6. The Hall–Kier alpha value is -2.86. The summed E-state index contributed by atoms with van der Waals surface area (Å²) in [5.74, 6) is 0.602. The topological polar surface area (TPSA) is 81.1 Å². The van der Waals surface area contributed by atoms with Crippen molar-refractivity contribution in [2.24, 2.45) is 5.92 Å². The fraction of sp³-hybridized carbons (Fsp3) is 0.517. The van der Waals surface area contributed by atoms with Crippen LogP contribution < -0.4 is 4.90 Å². The van der Waals surface area contributed by atoms with Gasteiger partial charge in [-0.25, -0.2) is 0 Å². The van der Waals surface area contributed by atoms with Crippen LogP contribution in [0.25, 0.3) is 0 Å². The van der Waals surface area contributed by atoms with Crippen LogP contribution in [0.2, 0.25) is 0 Å². The number of likely N-dealkylation sites (tertiary alicyclic amines) is 1. The van der Waals surface area contributed by atoms with Crippen LogP contribution in [-0.4, -0.2) is 53.7 Å². The number of carboxylic acid groups (broad SMARTS) is 2. The molecule has 6 heteroatoms. The van der Waals surface area contributed by atoms with Crippen molar-refractivity contribution < 1.29 is 19.8 Å². The predicted molar refractivity (Wildman–Crippen MR) is 138 cm³/mol. The van der Waals surface area contributed by atoms with Gasteiger partial charge in [-0.05, 0) is 98.8 Å². The fourth-order valence-corrected chi connectivity index (χ4v) is 5.78. The van der Waals surface area contributed by atoms with Crippen LogP contribution in [-0.2, 0) is 16.1 Å². The summed E-state index contributed by atoms with van der Waals surface area (Å²) in [6.07, 6.45) is 4.24. The van der Waals surface area contributed by atoms with Gasteiger partial charge >= 0.3 is 5.97 Å². The van der Waals surface area contributed by atoms with Crippen LogP contribution in [0.15, 0.2) is 30.3 Å². The molecule has 3 aliphatic rings. The molecule has 0 amide bonds. The molecule has 0 atom stereocenters. The van der Waals surface area contributed by atoms with Gasteiger partial charge in [0.25, 0.3) is 6.47 Å². The molecule has 0 unspecified atom stereocenters. The van der Waals surface area contributed by atoms with Crippen LogP contribution in [0.4, 0.5) is 5.69 Å². The lowest BCUT2D eigenvalue weighted by Gasteiger charge is -2.43. The Labute approximate surface area is 208 Å².